The van der Waals surface area contributed by atoms with Gasteiger partial charge >= 0.3 is 0 Å². The summed E-state index contributed by atoms with van der Waals surface area (Å²) >= 11 is 0. The first-order valence-corrected chi connectivity index (χ1v) is 3.80. The smallest absolute Gasteiger partial charge is 0.109 e. The highest BCUT2D eigenvalue weighted by atomic mass is 16.5. The van der Waals surface area contributed by atoms with Crippen molar-refractivity contribution in [3.63, 3.8) is 0 Å². The van der Waals surface area contributed by atoms with Crippen LogP contribution in [0.5, 0.6) is 0 Å². The Bertz CT molecular complexity index is 147. The zero-order valence-corrected chi connectivity index (χ0v) is 5.92. The molecule has 10 heavy (non-hydrogen) atoms. The Kier molecular flexibility index (Phi) is 1.33. The molecule has 0 spiro atoms. The molecule has 2 rings (SSSR count). The van der Waals surface area contributed by atoms with Crippen molar-refractivity contribution < 1.29 is 9.84 Å². The summed E-state index contributed by atoms with van der Waals surface area (Å²) < 4.78 is 5.42. The summed E-state index contributed by atoms with van der Waals surface area (Å²) in [6, 6.07) is -0.110. The molecule has 1 aliphatic carbocycles. The molecule has 0 aromatic carbocycles. The second kappa shape index (κ2) is 1.99. The predicted octanol–water partition coefficient (Wildman–Crippen LogP) is 0.0424. The lowest BCUT2D eigenvalue weighted by atomic mass is 9.87. The highest BCUT2D eigenvalue weighted by Crippen LogP contribution is 2.46. The second-order valence-corrected chi connectivity index (χ2v) is 3.43. The lowest BCUT2D eigenvalue weighted by Gasteiger charge is -2.27. The Morgan fingerprint density at radius 1 is 1.70 bits per heavy atom. The maximum absolute atomic E-state index is 8.98. The highest BCUT2D eigenvalue weighted by Gasteiger charge is 2.49. The van der Waals surface area contributed by atoms with Crippen LogP contribution in [0, 0.1) is 5.92 Å². The molecule has 2 radical (unpaired) electrons. The average Bonchev–Trinajstić information content (AvgIpc) is 2.45. The van der Waals surface area contributed by atoms with Crippen LogP contribution in [-0.4, -0.2) is 31.2 Å². The molecule has 0 amide bonds. The quantitative estimate of drug-likeness (QED) is 0.518. The van der Waals surface area contributed by atoms with Crippen LogP contribution in [-0.2, 0) is 4.74 Å². The molecule has 3 atom stereocenters. The summed E-state index contributed by atoms with van der Waals surface area (Å²) in [5, 5.41) is 8.98. The maximum atomic E-state index is 8.98. The van der Waals surface area contributed by atoms with Crippen LogP contribution in [0.15, 0.2) is 0 Å². The van der Waals surface area contributed by atoms with Crippen LogP contribution in [0.2, 0.25) is 0 Å². The Hall–Kier alpha value is -0.0151. The number of rotatable bonds is 1. The molecule has 2 bridgehead atoms. The van der Waals surface area contributed by atoms with Gasteiger partial charge in [0.1, 0.15) is 7.85 Å². The normalized spacial score (nSPS) is 52.1. The van der Waals surface area contributed by atoms with Gasteiger partial charge < -0.3 is 9.84 Å². The van der Waals surface area contributed by atoms with Gasteiger partial charge in [0.25, 0.3) is 0 Å². The third kappa shape index (κ3) is 0.737. The summed E-state index contributed by atoms with van der Waals surface area (Å²) in [6.07, 6.45) is 3.08. The number of aliphatic hydroxyl groups is 1. The van der Waals surface area contributed by atoms with E-state index in [0.29, 0.717) is 5.92 Å². The topological polar surface area (TPSA) is 29.5 Å². The molecule has 0 aromatic heterocycles. The Morgan fingerprint density at radius 2 is 2.50 bits per heavy atom. The summed E-state index contributed by atoms with van der Waals surface area (Å²) in [7, 11) is 5.65. The lowest BCUT2D eigenvalue weighted by Crippen LogP contribution is -2.34. The molecule has 3 heteroatoms. The molecule has 1 heterocycles. The van der Waals surface area contributed by atoms with E-state index in [1.807, 2.05) is 0 Å². The minimum atomic E-state index is -0.246. The zero-order chi connectivity index (χ0) is 7.19. The van der Waals surface area contributed by atoms with Gasteiger partial charge in [0.2, 0.25) is 0 Å². The van der Waals surface area contributed by atoms with Gasteiger partial charge in [-0.05, 0) is 25.2 Å². The predicted molar refractivity (Wildman–Crippen MR) is 37.8 cm³/mol. The lowest BCUT2D eigenvalue weighted by molar-refractivity contribution is -0.0680. The van der Waals surface area contributed by atoms with Crippen molar-refractivity contribution in [2.45, 2.75) is 30.9 Å². The van der Waals surface area contributed by atoms with Crippen molar-refractivity contribution in [3.8, 4) is 0 Å². The van der Waals surface area contributed by atoms with Gasteiger partial charge in [0, 0.05) is 6.00 Å². The Balaban J connectivity index is 2.14. The SMILES string of the molecule is [B][C@@H]1O[C@@]2(CO)CC[C@@H]1C2. The van der Waals surface area contributed by atoms with Crippen LogP contribution >= 0.6 is 0 Å². The molecular formula is C7H11BO2. The largest absolute Gasteiger partial charge is 0.393 e. The van der Waals surface area contributed by atoms with Gasteiger partial charge in [-0.2, -0.15) is 0 Å². The summed E-state index contributed by atoms with van der Waals surface area (Å²) in [5.41, 5.74) is -0.246. The molecule has 1 saturated carbocycles. The molecule has 2 fully saturated rings. The van der Waals surface area contributed by atoms with Gasteiger partial charge in [-0.3, -0.25) is 0 Å². The van der Waals surface area contributed by atoms with E-state index < -0.39 is 0 Å². The number of hydrogen-bond donors (Lipinski definition) is 1. The van der Waals surface area contributed by atoms with Gasteiger partial charge in [-0.1, -0.05) is 0 Å². The van der Waals surface area contributed by atoms with Gasteiger partial charge in [-0.25, -0.2) is 0 Å². The van der Waals surface area contributed by atoms with E-state index in [1.54, 1.807) is 0 Å². The van der Waals surface area contributed by atoms with Crippen molar-refractivity contribution in [2.75, 3.05) is 6.61 Å². The first-order chi connectivity index (χ1) is 4.76. The van der Waals surface area contributed by atoms with Crippen molar-refractivity contribution in [1.82, 2.24) is 0 Å². The molecule has 2 aliphatic rings. The maximum Gasteiger partial charge on any atom is 0.109 e. The van der Waals surface area contributed by atoms with Crippen molar-refractivity contribution in [1.29, 1.82) is 0 Å². The molecule has 1 aliphatic heterocycles. The van der Waals surface area contributed by atoms with Gasteiger partial charge in [0.15, 0.2) is 0 Å². The molecular weight excluding hydrogens is 127 g/mol. The standard InChI is InChI=1S/C7H11BO2/c8-6-5-1-2-7(3-5,4-9)10-6/h5-6,9H,1-4H2/t5-,6-,7+/m1/s1. The van der Waals surface area contributed by atoms with E-state index in [9.17, 15) is 0 Å². The zero-order valence-electron chi connectivity index (χ0n) is 5.92. The first kappa shape index (κ1) is 6.68. The number of fused-ring (bicyclic) bond motifs is 2. The molecule has 2 nitrogen and oxygen atoms in total. The Labute approximate surface area is 62.0 Å². The van der Waals surface area contributed by atoms with E-state index >= 15 is 0 Å². The minimum absolute atomic E-state index is 0.110. The van der Waals surface area contributed by atoms with E-state index in [4.69, 9.17) is 17.7 Å². The summed E-state index contributed by atoms with van der Waals surface area (Å²) in [6.45, 7) is 0.136. The first-order valence-electron chi connectivity index (χ1n) is 3.80. The van der Waals surface area contributed by atoms with Crippen LogP contribution in [0.4, 0.5) is 0 Å². The summed E-state index contributed by atoms with van der Waals surface area (Å²) in [4.78, 5) is 0. The van der Waals surface area contributed by atoms with E-state index in [2.05, 4.69) is 0 Å². The third-order valence-electron chi connectivity index (χ3n) is 2.74. The third-order valence-corrected chi connectivity index (χ3v) is 2.74. The number of hydrogen-bond acceptors (Lipinski definition) is 2. The fraction of sp³-hybridized carbons (Fsp3) is 1.00. The molecule has 1 saturated heterocycles. The van der Waals surface area contributed by atoms with Crippen LogP contribution in [0.1, 0.15) is 19.3 Å². The fourth-order valence-corrected chi connectivity index (χ4v) is 2.08. The van der Waals surface area contributed by atoms with Crippen LogP contribution in [0.3, 0.4) is 0 Å². The summed E-state index contributed by atoms with van der Waals surface area (Å²) in [5.74, 6) is 0.507. The molecule has 0 unspecified atom stereocenters. The van der Waals surface area contributed by atoms with Crippen molar-refractivity contribution >= 4 is 7.85 Å². The van der Waals surface area contributed by atoms with Crippen molar-refractivity contribution in [3.05, 3.63) is 0 Å². The van der Waals surface area contributed by atoms with Gasteiger partial charge in [-0.15, -0.1) is 0 Å². The average molecular weight is 138 g/mol. The van der Waals surface area contributed by atoms with Crippen LogP contribution in [0.25, 0.3) is 0 Å². The second-order valence-electron chi connectivity index (χ2n) is 3.43. The van der Waals surface area contributed by atoms with Crippen molar-refractivity contribution in [2.24, 2.45) is 5.92 Å². The number of ether oxygens (including phenoxy) is 1. The molecule has 1 N–H and O–H groups in total. The Morgan fingerprint density at radius 3 is 2.80 bits per heavy atom. The monoisotopic (exact) mass is 138 g/mol. The molecule has 0 aromatic rings. The van der Waals surface area contributed by atoms with E-state index in [0.717, 1.165) is 19.3 Å². The minimum Gasteiger partial charge on any atom is -0.393 e. The van der Waals surface area contributed by atoms with Crippen LogP contribution < -0.4 is 0 Å². The number of aliphatic hydroxyl groups excluding tert-OH is 1. The van der Waals surface area contributed by atoms with Gasteiger partial charge in [0.05, 0.1) is 12.2 Å². The van der Waals surface area contributed by atoms with E-state index in [1.165, 1.54) is 0 Å². The van der Waals surface area contributed by atoms with E-state index in [-0.39, 0.29) is 18.2 Å². The molecule has 54 valence electrons. The highest BCUT2D eigenvalue weighted by molar-refractivity contribution is 6.11. The fourth-order valence-electron chi connectivity index (χ4n) is 2.08.